The number of aliphatic carboxylic acids is 2. The number of hydrogen-bond acceptors (Lipinski definition) is 24. The minimum Gasteiger partial charge on any atom is -0.481 e. The van der Waals surface area contributed by atoms with Gasteiger partial charge in [0.2, 0.25) is 59.1 Å². The molecule has 85 heavy (non-hydrogen) atoms. The molecule has 2 aliphatic heterocycles. The van der Waals surface area contributed by atoms with Crippen LogP contribution in [0.5, 0.6) is 0 Å². The maximum absolute atomic E-state index is 14.4. The number of amides is 10. The zero-order chi connectivity index (χ0) is 64.2. The van der Waals surface area contributed by atoms with Gasteiger partial charge in [-0.25, -0.2) is 4.98 Å². The number of imidazole rings is 1. The molecule has 478 valence electrons. The Hall–Kier alpha value is -7.59. The Kier molecular flexibility index (Phi) is 28.5. The Labute approximate surface area is 483 Å². The Balaban J connectivity index is 1.92. The lowest BCUT2D eigenvalue weighted by molar-refractivity contribution is -0.281. The number of carbonyl (C=O) groups is 12. The zero-order valence-electron chi connectivity index (χ0n) is 46.8. The number of carboxylic acid groups (broad SMARTS) is 2. The molecule has 0 saturated carbocycles. The molecule has 0 aliphatic carbocycles. The number of nitrogens with two attached hydrogens (primary N) is 1. The van der Waals surface area contributed by atoms with Crippen LogP contribution < -0.4 is 53.6 Å². The second-order valence-electron chi connectivity index (χ2n) is 20.1. The van der Waals surface area contributed by atoms with Crippen molar-refractivity contribution in [2.45, 2.75) is 176 Å². The van der Waals surface area contributed by atoms with Gasteiger partial charge in [-0.3, -0.25) is 57.5 Å². The minimum atomic E-state index is -2.16. The zero-order valence-corrected chi connectivity index (χ0v) is 46.8. The van der Waals surface area contributed by atoms with E-state index in [0.29, 0.717) is 0 Å². The number of rotatable bonds is 33. The first-order valence-electron chi connectivity index (χ1n) is 26.6. The van der Waals surface area contributed by atoms with Crippen LogP contribution >= 0.6 is 0 Å². The van der Waals surface area contributed by atoms with Gasteiger partial charge in [0.25, 0.3) is 0 Å². The van der Waals surface area contributed by atoms with E-state index in [1.165, 1.54) is 12.5 Å². The highest BCUT2D eigenvalue weighted by Gasteiger charge is 2.48. The largest absolute Gasteiger partial charge is 0.481 e. The fraction of sp³-hybridized carbons (Fsp3) is 0.688. The van der Waals surface area contributed by atoms with Gasteiger partial charge < -0.3 is 124 Å². The Morgan fingerprint density at radius 1 is 0.706 bits per heavy atom. The Bertz CT molecular complexity index is 2490. The third kappa shape index (κ3) is 21.2. The van der Waals surface area contributed by atoms with Crippen LogP contribution in [0, 0.1) is 0 Å². The summed E-state index contributed by atoms with van der Waals surface area (Å²) in [7, 11) is 0. The maximum atomic E-state index is 14.4. The minimum absolute atomic E-state index is 0.0311. The predicted octanol–water partition coefficient (Wildman–Crippen LogP) is -11.8. The third-order valence-corrected chi connectivity index (χ3v) is 13.4. The van der Waals surface area contributed by atoms with Crippen molar-refractivity contribution < 1.29 is 118 Å². The van der Waals surface area contributed by atoms with Gasteiger partial charge in [-0.05, 0) is 47.0 Å². The number of aromatic amines is 1. The van der Waals surface area contributed by atoms with Gasteiger partial charge in [-0.15, -0.1) is 0 Å². The topological polar surface area (TPSA) is 592 Å². The van der Waals surface area contributed by atoms with E-state index in [4.69, 9.17) is 20.3 Å². The molecular formula is C48H77N13O24. The molecule has 0 aromatic carbocycles. The lowest BCUT2D eigenvalue weighted by Crippen LogP contribution is -2.67. The first-order chi connectivity index (χ1) is 39.9. The molecule has 2 fully saturated rings. The van der Waals surface area contributed by atoms with E-state index < -0.39 is 226 Å². The number of H-pyrrole nitrogens is 1. The number of nitrogens with one attached hydrogen (secondary N) is 10. The number of likely N-dealkylation sites (tertiary alicyclic amines) is 1. The van der Waals surface area contributed by atoms with Crippen LogP contribution in [0.1, 0.15) is 66.0 Å². The van der Waals surface area contributed by atoms with Crippen molar-refractivity contribution in [3.8, 4) is 0 Å². The second-order valence-corrected chi connectivity index (χ2v) is 20.1. The number of aromatic nitrogens is 2. The lowest BCUT2D eigenvalue weighted by atomic mass is 9.96. The first kappa shape index (κ1) is 71.7. The SMILES string of the molecule is CC(=O)N[C@H]1[C@@H](O[C@H](C)[C@H](NC(=O)[C@H](CCC(=O)O)NC(=O)[C@@H](N)[C@@H](C)O)C(=O)N[C@@H](C(=O)N[C@@H](CO)C(=O)N[C@@H](Cc2cnc[nH]2)C(=O)N[C@@H](CO)C(=O)N[C@H](C(=O)N2CCC[C@H]2C(=O)NCC(=O)O)[C@@H](C)O)[C@@H](C)O)O[C@H](CO)[C@H](O)[C@@H]1O. The Morgan fingerprint density at radius 2 is 1.24 bits per heavy atom. The first-order valence-corrected chi connectivity index (χ1v) is 26.6. The Morgan fingerprint density at radius 3 is 1.76 bits per heavy atom. The molecule has 37 nitrogen and oxygen atoms in total. The number of hydrogen-bond donors (Lipinski definition) is 21. The summed E-state index contributed by atoms with van der Waals surface area (Å²) in [6, 6.07) is -18.1. The van der Waals surface area contributed by atoms with Crippen molar-refractivity contribution in [3.05, 3.63) is 18.2 Å². The second kappa shape index (κ2) is 33.8. The van der Waals surface area contributed by atoms with Crippen molar-refractivity contribution in [1.82, 2.24) is 62.7 Å². The monoisotopic (exact) mass is 1220 g/mol. The van der Waals surface area contributed by atoms with Crippen molar-refractivity contribution in [3.63, 3.8) is 0 Å². The molecule has 0 radical (unpaired) electrons. The summed E-state index contributed by atoms with van der Waals surface area (Å²) >= 11 is 0. The van der Waals surface area contributed by atoms with Gasteiger partial charge in [0.15, 0.2) is 6.29 Å². The molecule has 0 spiro atoms. The summed E-state index contributed by atoms with van der Waals surface area (Å²) in [5, 5.41) is 122. The van der Waals surface area contributed by atoms with Gasteiger partial charge in [0.1, 0.15) is 85.3 Å². The predicted molar refractivity (Wildman–Crippen MR) is 281 cm³/mol. The summed E-state index contributed by atoms with van der Waals surface area (Å²) in [6.07, 6.45) is -13.1. The summed E-state index contributed by atoms with van der Waals surface area (Å²) in [4.78, 5) is 165. The van der Waals surface area contributed by atoms with E-state index in [0.717, 1.165) is 39.5 Å². The highest BCUT2D eigenvalue weighted by atomic mass is 16.7. The number of aliphatic hydroxyl groups excluding tert-OH is 8. The lowest BCUT2D eigenvalue weighted by Gasteiger charge is -2.43. The van der Waals surface area contributed by atoms with Crippen LogP contribution in [0.25, 0.3) is 0 Å². The van der Waals surface area contributed by atoms with Gasteiger partial charge in [-0.2, -0.15) is 0 Å². The smallest absolute Gasteiger partial charge is 0.322 e. The average Bonchev–Trinajstić information content (AvgIpc) is 3.07. The highest BCUT2D eigenvalue weighted by Crippen LogP contribution is 2.25. The molecule has 1 aromatic heterocycles. The van der Waals surface area contributed by atoms with E-state index in [1.807, 2.05) is 0 Å². The molecule has 18 atom stereocenters. The fourth-order valence-electron chi connectivity index (χ4n) is 8.62. The number of carboxylic acids is 2. The van der Waals surface area contributed by atoms with Gasteiger partial charge in [0.05, 0.1) is 50.6 Å². The molecule has 37 heteroatoms. The van der Waals surface area contributed by atoms with Crippen LogP contribution in [-0.2, 0) is 73.4 Å². The normalized spacial score (nSPS) is 22.7. The molecule has 0 bridgehead atoms. The summed E-state index contributed by atoms with van der Waals surface area (Å²) in [5.41, 5.74) is 5.89. The van der Waals surface area contributed by atoms with E-state index in [1.54, 1.807) is 0 Å². The van der Waals surface area contributed by atoms with Crippen molar-refractivity contribution in [2.75, 3.05) is 32.9 Å². The summed E-state index contributed by atoms with van der Waals surface area (Å²) in [5.74, 6) is -14.6. The molecule has 0 unspecified atom stereocenters. The molecule has 1 aromatic rings. The highest BCUT2D eigenvalue weighted by molar-refractivity contribution is 5.99. The fourth-order valence-corrected chi connectivity index (χ4v) is 8.62. The molecule has 10 amide bonds. The van der Waals surface area contributed by atoms with Crippen LogP contribution in [0.2, 0.25) is 0 Å². The van der Waals surface area contributed by atoms with Crippen LogP contribution in [-0.4, -0.2) is 279 Å². The number of nitrogens with zero attached hydrogens (tertiary/aromatic N) is 2. The molecule has 2 saturated heterocycles. The molecular weight excluding hydrogens is 1140 g/mol. The van der Waals surface area contributed by atoms with Crippen molar-refractivity contribution in [1.29, 1.82) is 0 Å². The standard InChI is InChI=1S/C48H77N13O24/c1-18(65)32(49)44(80)54-24(8-9-30(69)70)39(75)60-35(21(4)84-48-36(53-22(5)68)38(74)37(73)29(16-64)85-48)46(82)58-33(19(2)66)45(81)57-26(14-62)41(77)55-25(11-23-12-50-17-52-23)40(76)56-27(15-63)42(78)59-34(20(3)67)47(83)61-10-6-7-28(61)43(79)51-13-31(71)72/h12,17-21,24-29,32-38,48,62-67,73-74H,6-11,13-16,49H2,1-5H3,(H,50,52)(H,51,79)(H,53,68)(H,54,80)(H,55,77)(H,56,76)(H,57,81)(H,58,82)(H,59,78)(H,60,75)(H,69,70)(H,71,72)/t18-,19-,20-,21-,24+,25+,26+,27+,28+,29-,32+,33-,34+,35+,36-,37+,38-,48+/m1/s1. The van der Waals surface area contributed by atoms with Gasteiger partial charge in [-0.1, -0.05) is 0 Å². The van der Waals surface area contributed by atoms with Crippen molar-refractivity contribution >= 4 is 71.0 Å². The third-order valence-electron chi connectivity index (χ3n) is 13.4. The van der Waals surface area contributed by atoms with E-state index in [2.05, 4.69) is 57.8 Å². The number of carbonyl (C=O) groups excluding carboxylic acids is 10. The maximum Gasteiger partial charge on any atom is 0.322 e. The summed E-state index contributed by atoms with van der Waals surface area (Å²) < 4.78 is 11.5. The number of ether oxygens (including phenoxy) is 2. The number of aliphatic hydroxyl groups is 8. The average molecular weight is 1220 g/mol. The molecule has 22 N–H and O–H groups in total. The van der Waals surface area contributed by atoms with Crippen molar-refractivity contribution in [2.24, 2.45) is 5.73 Å². The van der Waals surface area contributed by atoms with Crippen LogP contribution in [0.4, 0.5) is 0 Å². The van der Waals surface area contributed by atoms with Crippen LogP contribution in [0.3, 0.4) is 0 Å². The summed E-state index contributed by atoms with van der Waals surface area (Å²) in [6.45, 7) is 1.18. The van der Waals surface area contributed by atoms with Gasteiger partial charge in [0, 0.05) is 38.2 Å². The quantitative estimate of drug-likeness (QED) is 0.0311. The van der Waals surface area contributed by atoms with E-state index in [-0.39, 0.29) is 25.1 Å². The van der Waals surface area contributed by atoms with E-state index >= 15 is 0 Å². The molecule has 2 aliphatic rings. The van der Waals surface area contributed by atoms with Gasteiger partial charge >= 0.3 is 11.9 Å². The molecule has 3 rings (SSSR count). The molecule has 3 heterocycles. The van der Waals surface area contributed by atoms with E-state index in [9.17, 15) is 103 Å². The van der Waals surface area contributed by atoms with Crippen LogP contribution in [0.15, 0.2) is 12.5 Å².